The van der Waals surface area contributed by atoms with Gasteiger partial charge in [0.1, 0.15) is 5.78 Å². The van der Waals surface area contributed by atoms with Crippen LogP contribution in [-0.4, -0.2) is 5.78 Å². The molecule has 1 saturated carbocycles. The summed E-state index contributed by atoms with van der Waals surface area (Å²) in [6.07, 6.45) is 2.70. The molecule has 0 radical (unpaired) electrons. The Kier molecular flexibility index (Phi) is 2.48. The highest BCUT2D eigenvalue weighted by Crippen LogP contribution is 2.46. The lowest BCUT2D eigenvalue weighted by molar-refractivity contribution is -0.122. The Bertz CT molecular complexity index is 366. The van der Waals surface area contributed by atoms with E-state index in [1.165, 1.54) is 0 Å². The molecule has 0 atom stereocenters. The third kappa shape index (κ3) is 1.90. The molecule has 74 valence electrons. The van der Waals surface area contributed by atoms with Crippen molar-refractivity contribution in [3.05, 3.63) is 34.3 Å². The monoisotopic (exact) mass is 252 g/mol. The first-order valence-corrected chi connectivity index (χ1v) is 5.68. The van der Waals surface area contributed by atoms with Gasteiger partial charge in [-0.1, -0.05) is 41.1 Å². The van der Waals surface area contributed by atoms with Crippen molar-refractivity contribution in [2.45, 2.75) is 26.2 Å². The lowest BCUT2D eigenvalue weighted by atomic mass is 9.97. The van der Waals surface area contributed by atoms with Crippen molar-refractivity contribution in [2.24, 2.45) is 5.41 Å². The number of Topliss-reactive ketones (excluding diaryl/α,β-unsaturated/α-hetero) is 1. The Morgan fingerprint density at radius 2 is 2.07 bits per heavy atom. The third-order valence-corrected chi connectivity index (χ3v) is 3.76. The highest BCUT2D eigenvalue weighted by Gasteiger charge is 2.43. The van der Waals surface area contributed by atoms with Gasteiger partial charge in [0.05, 0.1) is 0 Å². The number of benzene rings is 1. The average molecular weight is 253 g/mol. The summed E-state index contributed by atoms with van der Waals surface area (Å²) in [5.41, 5.74) is 1.10. The molecule has 0 aromatic heterocycles. The van der Waals surface area contributed by atoms with Crippen LogP contribution in [0.2, 0.25) is 0 Å². The molecule has 2 heteroatoms. The minimum atomic E-state index is -0.00468. The summed E-state index contributed by atoms with van der Waals surface area (Å²) >= 11 is 3.46. The van der Waals surface area contributed by atoms with Crippen molar-refractivity contribution < 1.29 is 4.79 Å². The Morgan fingerprint density at radius 1 is 1.43 bits per heavy atom. The van der Waals surface area contributed by atoms with Crippen LogP contribution in [0.5, 0.6) is 0 Å². The largest absolute Gasteiger partial charge is 0.299 e. The zero-order chi connectivity index (χ0) is 10.2. The Hall–Kier alpha value is -0.630. The van der Waals surface area contributed by atoms with Gasteiger partial charge in [-0.05, 0) is 24.5 Å². The molecule has 0 bridgehead atoms. The fourth-order valence-corrected chi connectivity index (χ4v) is 1.92. The van der Waals surface area contributed by atoms with Gasteiger partial charge in [0.2, 0.25) is 0 Å². The fourth-order valence-electron chi connectivity index (χ4n) is 1.49. The van der Waals surface area contributed by atoms with Crippen LogP contribution in [0.4, 0.5) is 0 Å². The first kappa shape index (κ1) is 9.91. The lowest BCUT2D eigenvalue weighted by Crippen LogP contribution is -2.14. The van der Waals surface area contributed by atoms with E-state index in [9.17, 15) is 4.79 Å². The molecule has 0 spiro atoms. The Labute approximate surface area is 92.6 Å². The van der Waals surface area contributed by atoms with Crippen LogP contribution in [0.3, 0.4) is 0 Å². The van der Waals surface area contributed by atoms with E-state index in [0.717, 1.165) is 22.9 Å². The van der Waals surface area contributed by atoms with Crippen molar-refractivity contribution in [3.8, 4) is 0 Å². The Morgan fingerprint density at radius 3 is 2.64 bits per heavy atom. The van der Waals surface area contributed by atoms with E-state index in [0.29, 0.717) is 12.2 Å². The van der Waals surface area contributed by atoms with Gasteiger partial charge in [0, 0.05) is 16.3 Å². The number of hydrogen-bond acceptors (Lipinski definition) is 1. The number of ketones is 1. The summed E-state index contributed by atoms with van der Waals surface area (Å²) in [4.78, 5) is 11.8. The molecule has 2 rings (SSSR count). The Balaban J connectivity index is 2.11. The van der Waals surface area contributed by atoms with Gasteiger partial charge >= 0.3 is 0 Å². The fraction of sp³-hybridized carbons (Fsp3) is 0.417. The molecule has 0 aliphatic heterocycles. The van der Waals surface area contributed by atoms with Gasteiger partial charge in [0.25, 0.3) is 0 Å². The van der Waals surface area contributed by atoms with E-state index in [2.05, 4.69) is 22.9 Å². The van der Waals surface area contributed by atoms with E-state index < -0.39 is 0 Å². The van der Waals surface area contributed by atoms with Crippen molar-refractivity contribution >= 4 is 21.7 Å². The predicted molar refractivity (Wildman–Crippen MR) is 60.2 cm³/mol. The van der Waals surface area contributed by atoms with Crippen LogP contribution < -0.4 is 0 Å². The summed E-state index contributed by atoms with van der Waals surface area (Å²) in [5.74, 6) is 0.379. The predicted octanol–water partition coefficient (Wildman–Crippen LogP) is 3.36. The van der Waals surface area contributed by atoms with Gasteiger partial charge in [0.15, 0.2) is 0 Å². The molecule has 1 aromatic rings. The molecule has 1 aromatic carbocycles. The molecule has 1 fully saturated rings. The second-order valence-electron chi connectivity index (χ2n) is 4.25. The van der Waals surface area contributed by atoms with Gasteiger partial charge in [-0.2, -0.15) is 0 Å². The maximum Gasteiger partial charge on any atom is 0.143 e. The average Bonchev–Trinajstić information content (AvgIpc) is 2.89. The molecule has 0 saturated heterocycles. The number of hydrogen-bond donors (Lipinski definition) is 0. The van der Waals surface area contributed by atoms with Crippen molar-refractivity contribution in [2.75, 3.05) is 0 Å². The maximum absolute atomic E-state index is 11.8. The minimum Gasteiger partial charge on any atom is -0.299 e. The molecule has 0 amide bonds. The molecular formula is C12H13BrO. The summed E-state index contributed by atoms with van der Waals surface area (Å²) in [7, 11) is 0. The molecule has 1 nitrogen and oxygen atoms in total. The third-order valence-electron chi connectivity index (χ3n) is 2.98. The second kappa shape index (κ2) is 3.50. The van der Waals surface area contributed by atoms with Gasteiger partial charge in [-0.15, -0.1) is 0 Å². The number of carbonyl (C=O) groups excluding carboxylic acids is 1. The molecule has 1 aliphatic carbocycles. The van der Waals surface area contributed by atoms with Crippen LogP contribution in [-0.2, 0) is 11.2 Å². The normalized spacial score (nSPS) is 17.9. The molecule has 0 heterocycles. The molecule has 0 unspecified atom stereocenters. The van der Waals surface area contributed by atoms with Crippen LogP contribution in [0.25, 0.3) is 0 Å². The SMILES string of the molecule is CC1(C(=O)Cc2ccccc2Br)CC1. The molecular weight excluding hydrogens is 240 g/mol. The van der Waals surface area contributed by atoms with Crippen molar-refractivity contribution in [1.29, 1.82) is 0 Å². The van der Waals surface area contributed by atoms with E-state index in [-0.39, 0.29) is 5.41 Å². The zero-order valence-corrected chi connectivity index (χ0v) is 9.80. The number of carbonyl (C=O) groups is 1. The maximum atomic E-state index is 11.8. The van der Waals surface area contributed by atoms with Crippen molar-refractivity contribution in [3.63, 3.8) is 0 Å². The highest BCUT2D eigenvalue weighted by atomic mass is 79.9. The number of rotatable bonds is 3. The highest BCUT2D eigenvalue weighted by molar-refractivity contribution is 9.10. The number of halogens is 1. The van der Waals surface area contributed by atoms with Gasteiger partial charge in [-0.3, -0.25) is 4.79 Å². The van der Waals surface area contributed by atoms with Gasteiger partial charge in [-0.25, -0.2) is 0 Å². The smallest absolute Gasteiger partial charge is 0.143 e. The summed E-state index contributed by atoms with van der Waals surface area (Å²) < 4.78 is 1.04. The second-order valence-corrected chi connectivity index (χ2v) is 5.11. The minimum absolute atomic E-state index is 0.00468. The van der Waals surface area contributed by atoms with E-state index in [1.54, 1.807) is 0 Å². The van der Waals surface area contributed by atoms with E-state index in [1.807, 2.05) is 24.3 Å². The topological polar surface area (TPSA) is 17.1 Å². The first-order chi connectivity index (χ1) is 6.62. The first-order valence-electron chi connectivity index (χ1n) is 4.88. The zero-order valence-electron chi connectivity index (χ0n) is 8.22. The van der Waals surface area contributed by atoms with Crippen LogP contribution >= 0.6 is 15.9 Å². The standard InChI is InChI=1S/C12H13BrO/c1-12(6-7-12)11(14)8-9-4-2-3-5-10(9)13/h2-5H,6-8H2,1H3. The summed E-state index contributed by atoms with van der Waals surface area (Å²) in [5, 5.41) is 0. The molecule has 1 aliphatic rings. The van der Waals surface area contributed by atoms with Crippen LogP contribution in [0.15, 0.2) is 28.7 Å². The quantitative estimate of drug-likeness (QED) is 0.807. The van der Waals surface area contributed by atoms with E-state index in [4.69, 9.17) is 0 Å². The van der Waals surface area contributed by atoms with Crippen LogP contribution in [0, 0.1) is 5.41 Å². The lowest BCUT2D eigenvalue weighted by Gasteiger charge is -2.08. The van der Waals surface area contributed by atoms with Gasteiger partial charge < -0.3 is 0 Å². The van der Waals surface area contributed by atoms with Crippen LogP contribution in [0.1, 0.15) is 25.3 Å². The summed E-state index contributed by atoms with van der Waals surface area (Å²) in [6, 6.07) is 7.94. The van der Waals surface area contributed by atoms with Crippen molar-refractivity contribution in [1.82, 2.24) is 0 Å². The molecule has 0 N–H and O–H groups in total. The summed E-state index contributed by atoms with van der Waals surface area (Å²) in [6.45, 7) is 2.06. The molecule has 14 heavy (non-hydrogen) atoms. The van der Waals surface area contributed by atoms with E-state index >= 15 is 0 Å².